The average molecular weight is 409 g/mol. The SMILES string of the molecule is C[C@@H](OC(=O)Cc1n[nH]c(=O)c2ccccc12)C(=O)Nc1ccc2c(c1)OCCO2. The number of carbonyl (C=O) groups is 2. The second-order valence-electron chi connectivity index (χ2n) is 6.70. The second-order valence-corrected chi connectivity index (χ2v) is 6.70. The third kappa shape index (κ3) is 4.09. The topological polar surface area (TPSA) is 120 Å². The molecule has 0 unspecified atom stereocenters. The highest BCUT2D eigenvalue weighted by molar-refractivity contribution is 5.95. The number of amides is 1. The van der Waals surface area contributed by atoms with Crippen LogP contribution in [-0.4, -0.2) is 41.4 Å². The molecule has 0 aliphatic carbocycles. The van der Waals surface area contributed by atoms with Crippen molar-refractivity contribution in [2.45, 2.75) is 19.4 Å². The molecule has 0 bridgehead atoms. The molecule has 1 amide bonds. The molecule has 1 aliphatic heterocycles. The van der Waals surface area contributed by atoms with Crippen LogP contribution in [0.2, 0.25) is 0 Å². The van der Waals surface area contributed by atoms with Gasteiger partial charge in [-0.2, -0.15) is 5.10 Å². The Labute approximate surface area is 171 Å². The summed E-state index contributed by atoms with van der Waals surface area (Å²) in [7, 11) is 0. The van der Waals surface area contributed by atoms with E-state index in [-0.39, 0.29) is 12.0 Å². The van der Waals surface area contributed by atoms with E-state index < -0.39 is 18.0 Å². The highest BCUT2D eigenvalue weighted by Gasteiger charge is 2.21. The number of hydrogen-bond donors (Lipinski definition) is 2. The maximum atomic E-state index is 12.4. The molecule has 4 rings (SSSR count). The third-order valence-electron chi connectivity index (χ3n) is 4.57. The summed E-state index contributed by atoms with van der Waals surface area (Å²) in [5.74, 6) is 0.0305. The maximum Gasteiger partial charge on any atom is 0.312 e. The van der Waals surface area contributed by atoms with Crippen molar-refractivity contribution in [1.29, 1.82) is 0 Å². The molecule has 0 saturated carbocycles. The summed E-state index contributed by atoms with van der Waals surface area (Å²) in [4.78, 5) is 36.6. The molecule has 0 spiro atoms. The van der Waals surface area contributed by atoms with Gasteiger partial charge in [-0.15, -0.1) is 0 Å². The minimum absolute atomic E-state index is 0.182. The molecule has 0 fully saturated rings. The highest BCUT2D eigenvalue weighted by Crippen LogP contribution is 2.32. The fraction of sp³-hybridized carbons (Fsp3) is 0.238. The van der Waals surface area contributed by atoms with Gasteiger partial charge in [0.15, 0.2) is 17.6 Å². The van der Waals surface area contributed by atoms with Crippen molar-refractivity contribution in [3.63, 3.8) is 0 Å². The van der Waals surface area contributed by atoms with E-state index in [1.807, 2.05) is 0 Å². The Morgan fingerprint density at radius 2 is 1.87 bits per heavy atom. The van der Waals surface area contributed by atoms with Crippen LogP contribution in [0.5, 0.6) is 11.5 Å². The quantitative estimate of drug-likeness (QED) is 0.617. The first-order chi connectivity index (χ1) is 14.5. The number of nitrogens with zero attached hydrogens (tertiary/aromatic N) is 1. The minimum atomic E-state index is -1.03. The van der Waals surface area contributed by atoms with Gasteiger partial charge in [0.05, 0.1) is 17.5 Å². The summed E-state index contributed by atoms with van der Waals surface area (Å²) in [5.41, 5.74) is 0.532. The maximum absolute atomic E-state index is 12.4. The Kier molecular flexibility index (Phi) is 5.34. The molecule has 1 atom stereocenters. The number of ether oxygens (including phenoxy) is 3. The summed E-state index contributed by atoms with van der Waals surface area (Å²) in [5, 5.41) is 9.98. The zero-order chi connectivity index (χ0) is 21.1. The Morgan fingerprint density at radius 3 is 2.67 bits per heavy atom. The number of aromatic nitrogens is 2. The molecular weight excluding hydrogens is 390 g/mol. The Hall–Kier alpha value is -3.88. The highest BCUT2D eigenvalue weighted by atomic mass is 16.6. The number of anilines is 1. The van der Waals surface area contributed by atoms with E-state index in [0.717, 1.165) is 0 Å². The summed E-state index contributed by atoms with van der Waals surface area (Å²) >= 11 is 0. The molecule has 1 aliphatic rings. The number of fused-ring (bicyclic) bond motifs is 2. The summed E-state index contributed by atoms with van der Waals surface area (Å²) in [6.07, 6.45) is -1.21. The number of hydrogen-bond acceptors (Lipinski definition) is 7. The summed E-state index contributed by atoms with van der Waals surface area (Å²) in [6.45, 7) is 2.39. The number of benzene rings is 2. The molecule has 2 N–H and O–H groups in total. The standard InChI is InChI=1S/C21H19N3O6/c1-12(20(26)22-13-6-7-17-18(10-13)29-9-8-28-17)30-19(25)11-16-14-4-2-3-5-15(14)21(27)24-23-16/h2-7,10,12H,8-9,11H2,1H3,(H,22,26)(H,24,27)/t12-/m1/s1. The van der Waals surface area contributed by atoms with Crippen LogP contribution in [0, 0.1) is 0 Å². The lowest BCUT2D eigenvalue weighted by Gasteiger charge is -2.19. The van der Waals surface area contributed by atoms with Crippen LogP contribution in [0.1, 0.15) is 12.6 Å². The molecule has 1 aromatic heterocycles. The van der Waals surface area contributed by atoms with E-state index in [9.17, 15) is 14.4 Å². The van der Waals surface area contributed by atoms with Gasteiger partial charge in [-0.1, -0.05) is 18.2 Å². The Balaban J connectivity index is 1.39. The number of esters is 1. The fourth-order valence-corrected chi connectivity index (χ4v) is 3.10. The first-order valence-electron chi connectivity index (χ1n) is 9.37. The van der Waals surface area contributed by atoms with Crippen LogP contribution in [0.15, 0.2) is 47.3 Å². The zero-order valence-corrected chi connectivity index (χ0v) is 16.1. The van der Waals surface area contributed by atoms with Gasteiger partial charge >= 0.3 is 5.97 Å². The van der Waals surface area contributed by atoms with E-state index in [1.54, 1.807) is 42.5 Å². The molecule has 2 aromatic carbocycles. The van der Waals surface area contributed by atoms with E-state index in [2.05, 4.69) is 15.5 Å². The van der Waals surface area contributed by atoms with Crippen molar-refractivity contribution in [3.8, 4) is 11.5 Å². The monoisotopic (exact) mass is 409 g/mol. The molecule has 30 heavy (non-hydrogen) atoms. The number of carbonyl (C=O) groups excluding carboxylic acids is 2. The van der Waals surface area contributed by atoms with Gasteiger partial charge in [-0.3, -0.25) is 14.4 Å². The molecule has 9 heteroatoms. The van der Waals surface area contributed by atoms with Crippen LogP contribution >= 0.6 is 0 Å². The van der Waals surface area contributed by atoms with Crippen molar-refractivity contribution >= 4 is 28.3 Å². The fourth-order valence-electron chi connectivity index (χ4n) is 3.10. The van der Waals surface area contributed by atoms with Crippen LogP contribution in [-0.2, 0) is 20.7 Å². The second kappa shape index (κ2) is 8.24. The Morgan fingerprint density at radius 1 is 1.13 bits per heavy atom. The first-order valence-corrected chi connectivity index (χ1v) is 9.37. The van der Waals surface area contributed by atoms with Gasteiger partial charge in [0, 0.05) is 17.1 Å². The molecular formula is C21H19N3O6. The van der Waals surface area contributed by atoms with Crippen molar-refractivity contribution < 1.29 is 23.8 Å². The molecule has 9 nitrogen and oxygen atoms in total. The van der Waals surface area contributed by atoms with E-state index >= 15 is 0 Å². The third-order valence-corrected chi connectivity index (χ3v) is 4.57. The molecule has 154 valence electrons. The lowest BCUT2D eigenvalue weighted by Crippen LogP contribution is -2.30. The molecule has 3 aromatic rings. The summed E-state index contributed by atoms with van der Waals surface area (Å²) < 4.78 is 16.2. The zero-order valence-electron chi connectivity index (χ0n) is 16.1. The van der Waals surface area contributed by atoms with Crippen LogP contribution in [0.3, 0.4) is 0 Å². The molecule has 0 radical (unpaired) electrons. The van der Waals surface area contributed by atoms with E-state index in [1.165, 1.54) is 6.92 Å². The predicted molar refractivity (Wildman–Crippen MR) is 108 cm³/mol. The van der Waals surface area contributed by atoms with Gasteiger partial charge in [0.2, 0.25) is 0 Å². The molecule has 0 saturated heterocycles. The van der Waals surface area contributed by atoms with Crippen molar-refractivity contribution in [2.24, 2.45) is 0 Å². The Bertz CT molecular complexity index is 1170. The minimum Gasteiger partial charge on any atom is -0.486 e. The van der Waals surface area contributed by atoms with Gasteiger partial charge in [-0.25, -0.2) is 5.10 Å². The molecule has 2 heterocycles. The normalized spacial score (nSPS) is 13.5. The van der Waals surface area contributed by atoms with Crippen LogP contribution in [0.25, 0.3) is 10.8 Å². The smallest absolute Gasteiger partial charge is 0.312 e. The lowest BCUT2D eigenvalue weighted by molar-refractivity contribution is -0.152. The van der Waals surface area contributed by atoms with Gasteiger partial charge < -0.3 is 19.5 Å². The van der Waals surface area contributed by atoms with Crippen molar-refractivity contribution in [3.05, 3.63) is 58.5 Å². The largest absolute Gasteiger partial charge is 0.486 e. The number of nitrogens with one attached hydrogen (secondary N) is 2. The van der Waals surface area contributed by atoms with Gasteiger partial charge in [-0.05, 0) is 25.1 Å². The van der Waals surface area contributed by atoms with Crippen molar-refractivity contribution in [1.82, 2.24) is 10.2 Å². The number of aromatic amines is 1. The lowest BCUT2D eigenvalue weighted by atomic mass is 10.1. The number of H-pyrrole nitrogens is 1. The van der Waals surface area contributed by atoms with Crippen LogP contribution in [0.4, 0.5) is 5.69 Å². The van der Waals surface area contributed by atoms with Crippen LogP contribution < -0.4 is 20.3 Å². The van der Waals surface area contributed by atoms with E-state index in [0.29, 0.717) is 46.9 Å². The average Bonchev–Trinajstić information content (AvgIpc) is 2.75. The van der Waals surface area contributed by atoms with Gasteiger partial charge in [0.1, 0.15) is 13.2 Å². The van der Waals surface area contributed by atoms with Gasteiger partial charge in [0.25, 0.3) is 11.5 Å². The predicted octanol–water partition coefficient (Wildman–Crippen LogP) is 1.81. The first kappa shape index (κ1) is 19.4. The summed E-state index contributed by atoms with van der Waals surface area (Å²) in [6, 6.07) is 11.9. The van der Waals surface area contributed by atoms with E-state index in [4.69, 9.17) is 14.2 Å². The number of rotatable bonds is 5. The van der Waals surface area contributed by atoms with Crippen molar-refractivity contribution in [2.75, 3.05) is 18.5 Å².